The van der Waals surface area contributed by atoms with Crippen molar-refractivity contribution in [3.8, 4) is 35.8 Å². The number of carbonyl (C=O) groups is 8. The van der Waals surface area contributed by atoms with E-state index in [1.807, 2.05) is 42.5 Å². The average molecular weight is 1940 g/mol. The van der Waals surface area contributed by atoms with Crippen molar-refractivity contribution in [1.29, 1.82) is 21.0 Å². The van der Waals surface area contributed by atoms with E-state index in [9.17, 15) is 98.9 Å². The van der Waals surface area contributed by atoms with E-state index in [1.165, 1.54) is 18.6 Å². The van der Waals surface area contributed by atoms with Crippen LogP contribution in [0.5, 0.6) is 11.5 Å². The highest BCUT2D eigenvalue weighted by atomic mass is 19.4. The van der Waals surface area contributed by atoms with Crippen LogP contribution in [0.2, 0.25) is 0 Å². The van der Waals surface area contributed by atoms with Crippen LogP contribution in [0.1, 0.15) is 253 Å². The zero-order valence-electron chi connectivity index (χ0n) is 77.4. The molecule has 0 radical (unpaired) electrons. The number of benzene rings is 1. The first kappa shape index (κ1) is 101. The topological polar surface area (TPSA) is 494 Å². The standard InChI is InChI=1S/C27H29N7O3.C23H30F3N7O2.C23H31F3N6O2.C22H29F3N6O2/c28-13-10-27(34-18-23(24(29)35)25(32-34)31-26(36)19-6-7-19)11-14-33(15-12-27)17-20-8-9-22(16-30-20)37-21-4-2-1-3-5-21;24-23(25,26)13-32-16-9-17(32)11-31(10-16)15-3-5-22(6-4-15,7-8-27)33-12-18(19(28)34)20(30-33)29-21(35)14-1-2-14;24-23(25,26)13-15-5-11-31(12-6-15)17-3-7-22(8-4-17,9-10-27)32-14-18(19(28)33)20(30-32)29-21(34)16-1-2-16;23-22(24,25)15-5-11-30(12-6-15)16-3-7-21(8-4-16,9-10-26)31-13-17(18(27)32)19(29-31)28-20(33)14-1-2-14/h1-5,8-9,16,18-19H,6-7,10-12,14-15,17H2,(H2,29,35)(H,31,32,36);12,14-17H,1-7,9-11,13H2,(H2,28,34)(H,29,30,35);14-17H,1-9,11-13H2,(H2,28,33)(H,29,30,34);13-16H,1-9,11-12H2,(H2,27,32)(H,28,29,33). The van der Waals surface area contributed by atoms with Gasteiger partial charge in [-0.1, -0.05) is 18.2 Å². The summed E-state index contributed by atoms with van der Waals surface area (Å²) >= 11 is 0. The minimum Gasteiger partial charge on any atom is -0.456 e. The molecule has 44 heteroatoms. The van der Waals surface area contributed by atoms with Crippen LogP contribution in [0.3, 0.4) is 0 Å². The molecule has 11 heterocycles. The lowest BCUT2D eigenvalue weighted by atomic mass is 9.76. The number of aromatic nitrogens is 9. The van der Waals surface area contributed by atoms with Crippen LogP contribution < -0.4 is 48.9 Å². The maximum Gasteiger partial charge on any atom is 0.401 e. The molecule has 12 N–H and O–H groups in total. The highest BCUT2D eigenvalue weighted by molar-refractivity contribution is 6.05. The van der Waals surface area contributed by atoms with E-state index < -0.39 is 83.2 Å². The van der Waals surface area contributed by atoms with Crippen molar-refractivity contribution in [2.24, 2.45) is 58.4 Å². The van der Waals surface area contributed by atoms with E-state index in [1.54, 1.807) is 36.0 Å². The van der Waals surface area contributed by atoms with Crippen molar-refractivity contribution in [3.63, 3.8) is 0 Å². The number of piperazine rings is 1. The number of ether oxygens (including phenoxy) is 1. The molecule has 13 aliphatic rings. The molecule has 13 fully saturated rings. The number of nitrogens with two attached hydrogens (primary N) is 4. The van der Waals surface area contributed by atoms with E-state index in [-0.39, 0.29) is 167 Å². The second-order valence-electron chi connectivity index (χ2n) is 39.9. The van der Waals surface area contributed by atoms with Gasteiger partial charge in [-0.25, -0.2) is 0 Å². The number of halogens is 9. The number of hydrogen-bond acceptors (Lipinski definition) is 23. The molecule has 7 aliphatic carbocycles. The highest BCUT2D eigenvalue weighted by Gasteiger charge is 2.53. The predicted molar refractivity (Wildman–Crippen MR) is 485 cm³/mol. The summed E-state index contributed by atoms with van der Waals surface area (Å²) in [5, 5.41) is 67.1. The summed E-state index contributed by atoms with van der Waals surface area (Å²) in [4.78, 5) is 112. The molecule has 139 heavy (non-hydrogen) atoms. The fourth-order valence-electron chi connectivity index (χ4n) is 21.3. The molecule has 2 bridgehead atoms. The largest absolute Gasteiger partial charge is 0.456 e. The number of nitrogens with one attached hydrogen (secondary N) is 4. The van der Waals surface area contributed by atoms with Crippen LogP contribution in [-0.4, -0.2) is 224 Å². The van der Waals surface area contributed by atoms with Gasteiger partial charge in [-0.05, 0) is 230 Å². The molecular formula is C95H119F9N26O9. The third-order valence-electron chi connectivity index (χ3n) is 30.3. The van der Waals surface area contributed by atoms with Gasteiger partial charge < -0.3 is 58.7 Å². The molecule has 19 rings (SSSR count). The summed E-state index contributed by atoms with van der Waals surface area (Å²) in [5.74, 6) is -3.22. The van der Waals surface area contributed by atoms with E-state index >= 15 is 0 Å². The summed E-state index contributed by atoms with van der Waals surface area (Å²) < 4.78 is 128. The van der Waals surface area contributed by atoms with Gasteiger partial charge in [0.1, 0.15) is 33.8 Å². The number of amides is 8. The number of anilines is 4. The van der Waals surface area contributed by atoms with Gasteiger partial charge in [0.2, 0.25) is 23.6 Å². The number of piperidine rings is 4. The molecule has 5 aromatic heterocycles. The zero-order valence-corrected chi connectivity index (χ0v) is 77.4. The van der Waals surface area contributed by atoms with Crippen molar-refractivity contribution < 1.29 is 82.6 Å². The molecule has 746 valence electrons. The van der Waals surface area contributed by atoms with Gasteiger partial charge in [-0.15, -0.1) is 0 Å². The number of pyridine rings is 1. The Morgan fingerprint density at radius 3 is 1.04 bits per heavy atom. The number of alkyl halides is 9. The van der Waals surface area contributed by atoms with Crippen LogP contribution in [0.25, 0.3) is 0 Å². The van der Waals surface area contributed by atoms with Crippen molar-refractivity contribution >= 4 is 70.5 Å². The molecule has 6 saturated heterocycles. The Labute approximate surface area is 797 Å². The summed E-state index contributed by atoms with van der Waals surface area (Å²) in [7, 11) is 0. The van der Waals surface area contributed by atoms with Crippen molar-refractivity contribution in [2.75, 3.05) is 80.2 Å². The lowest BCUT2D eigenvalue weighted by Gasteiger charge is -2.58. The molecule has 2 atom stereocenters. The van der Waals surface area contributed by atoms with E-state index in [2.05, 4.69) is 90.5 Å². The van der Waals surface area contributed by atoms with Gasteiger partial charge in [0.15, 0.2) is 23.3 Å². The van der Waals surface area contributed by atoms with Crippen molar-refractivity contribution in [3.05, 3.63) is 101 Å². The van der Waals surface area contributed by atoms with Crippen LogP contribution in [0.4, 0.5) is 62.8 Å². The quantitative estimate of drug-likeness (QED) is 0.0202. The molecule has 6 aromatic rings. The summed E-state index contributed by atoms with van der Waals surface area (Å²) in [6, 6.07) is 23.0. The molecule has 2 unspecified atom stereocenters. The number of nitrogens with zero attached hydrogens (tertiary/aromatic N) is 18. The van der Waals surface area contributed by atoms with Crippen molar-refractivity contribution in [1.82, 2.24) is 68.6 Å². The minimum atomic E-state index is -4.18. The predicted octanol–water partition coefficient (Wildman–Crippen LogP) is 12.3. The first-order chi connectivity index (χ1) is 66.3. The van der Waals surface area contributed by atoms with Crippen LogP contribution in [0.15, 0.2) is 73.4 Å². The molecular weight excluding hydrogens is 1820 g/mol. The average Bonchev–Trinajstić information content (AvgIpc) is 1.39. The van der Waals surface area contributed by atoms with Crippen LogP contribution in [0, 0.1) is 80.8 Å². The number of hydrogen-bond donors (Lipinski definition) is 8. The number of primary amides is 4. The van der Waals surface area contributed by atoms with E-state index in [0.29, 0.717) is 129 Å². The maximum absolute atomic E-state index is 13.0. The highest BCUT2D eigenvalue weighted by Crippen LogP contribution is 2.49. The number of rotatable bonds is 29. The van der Waals surface area contributed by atoms with Gasteiger partial charge in [0.05, 0.1) is 96.5 Å². The first-order valence-electron chi connectivity index (χ1n) is 48.2. The Morgan fingerprint density at radius 2 is 0.741 bits per heavy atom. The molecule has 7 saturated carbocycles. The SMILES string of the molecule is N#CCC1(n2cc(C(N)=O)c(NC(=O)C3CC3)n2)CCC(N2CC3CC(C2)N3CC(F)(F)F)CC1.N#CCC1(n2cc(C(N)=O)c(NC(=O)C3CC3)n2)CCC(N2CCC(C(F)(F)F)CC2)CC1.N#CCC1(n2cc(C(N)=O)c(NC(=O)C3CC3)n2)CCC(N2CCC(CC(F)(F)F)CC2)CC1.N#CCC1(n2cc(C(N)=O)c(NC(=O)C3CC3)n2)CCN(Cc2ccc(Oc3ccccc3)cn2)CC1. The van der Waals surface area contributed by atoms with E-state index in [0.717, 1.165) is 108 Å². The van der Waals surface area contributed by atoms with Gasteiger partial charge in [0.25, 0.3) is 23.6 Å². The fraction of sp³-hybridized carbons (Fsp3) is 0.632. The summed E-state index contributed by atoms with van der Waals surface area (Å²) in [5.41, 5.74) is 21.1. The summed E-state index contributed by atoms with van der Waals surface area (Å²) in [6.07, 6.45) is 13.8. The molecule has 8 amide bonds. The van der Waals surface area contributed by atoms with Gasteiger partial charge in [-0.2, -0.15) is 81.0 Å². The third kappa shape index (κ3) is 25.0. The maximum atomic E-state index is 13.0. The Hall–Kier alpha value is -12.1. The Bertz CT molecular complexity index is 5560. The third-order valence-corrected chi connectivity index (χ3v) is 30.3. The number of fused-ring (bicyclic) bond motifs is 2. The second-order valence-corrected chi connectivity index (χ2v) is 39.9. The number of para-hydroxylation sites is 1. The Balaban J connectivity index is 0.000000140. The Kier molecular flexibility index (Phi) is 31.0. The molecule has 1 aromatic carbocycles. The lowest BCUT2D eigenvalue weighted by molar-refractivity contribution is -0.191. The molecule has 0 spiro atoms. The van der Waals surface area contributed by atoms with Gasteiger partial charge in [-0.3, -0.25) is 76.8 Å². The normalized spacial score (nSPS) is 25.4. The number of likely N-dealkylation sites (tertiary alicyclic amines) is 3. The fourth-order valence-corrected chi connectivity index (χ4v) is 21.3. The number of nitriles is 4. The monoisotopic (exact) mass is 1940 g/mol. The van der Waals surface area contributed by atoms with E-state index in [4.69, 9.17) is 27.7 Å². The smallest absolute Gasteiger partial charge is 0.401 e. The number of carbonyl (C=O) groups excluding carboxylic acids is 8. The Morgan fingerprint density at radius 1 is 0.403 bits per heavy atom. The molecule has 6 aliphatic heterocycles. The van der Waals surface area contributed by atoms with Crippen molar-refractivity contribution in [2.45, 2.75) is 283 Å². The van der Waals surface area contributed by atoms with Gasteiger partial charge >= 0.3 is 18.5 Å². The van der Waals surface area contributed by atoms with Gasteiger partial charge in [0, 0.05) is 118 Å². The first-order valence-corrected chi connectivity index (χ1v) is 48.2. The molecule has 35 nitrogen and oxygen atoms in total. The lowest BCUT2D eigenvalue weighted by Crippen LogP contribution is -2.71. The minimum absolute atomic E-state index is 0.0326. The second kappa shape index (κ2) is 42.5. The van der Waals surface area contributed by atoms with Crippen LogP contribution >= 0.6 is 0 Å². The summed E-state index contributed by atoms with van der Waals surface area (Å²) in [6.45, 7) is 4.69. The zero-order chi connectivity index (χ0) is 99.1. The van der Waals surface area contributed by atoms with Crippen LogP contribution in [-0.2, 0) is 47.9 Å².